The Hall–Kier alpha value is 0.130. The van der Waals surface area contributed by atoms with Crippen molar-refractivity contribution in [1.82, 2.24) is 0 Å². The molecule has 5 heteroatoms. The monoisotopic (exact) mass is 168 g/mol. The molecular formula is C5H9ClO4. The molecule has 1 saturated heterocycles. The first kappa shape index (κ1) is 8.23. The molecule has 1 heterocycles. The second-order valence-corrected chi connectivity index (χ2v) is 2.62. The Labute approximate surface area is 63.0 Å². The van der Waals surface area contributed by atoms with E-state index in [1.807, 2.05) is 0 Å². The summed E-state index contributed by atoms with van der Waals surface area (Å²) in [5.41, 5.74) is -0.910. The van der Waals surface area contributed by atoms with Crippen LogP contribution in [-0.2, 0) is 4.74 Å². The zero-order chi connectivity index (χ0) is 7.72. The minimum Gasteiger partial charge on any atom is -0.394 e. The first-order valence-electron chi connectivity index (χ1n) is 2.93. The van der Waals surface area contributed by atoms with Gasteiger partial charge < -0.3 is 20.1 Å². The van der Waals surface area contributed by atoms with Crippen LogP contribution in [0.4, 0.5) is 0 Å². The highest BCUT2D eigenvalue weighted by Crippen LogP contribution is 2.23. The van der Waals surface area contributed by atoms with E-state index in [9.17, 15) is 0 Å². The molecule has 0 radical (unpaired) electrons. The largest absolute Gasteiger partial charge is 0.394 e. The molecule has 10 heavy (non-hydrogen) atoms. The molecule has 60 valence electrons. The van der Waals surface area contributed by atoms with Crippen LogP contribution in [0.15, 0.2) is 0 Å². The van der Waals surface area contributed by atoms with E-state index in [1.54, 1.807) is 0 Å². The molecule has 0 aromatic carbocycles. The van der Waals surface area contributed by atoms with Crippen molar-refractivity contribution in [2.45, 2.75) is 23.9 Å². The maximum atomic E-state index is 9.01. The van der Waals surface area contributed by atoms with Crippen LogP contribution in [-0.4, -0.2) is 45.8 Å². The molecule has 0 saturated carbocycles. The van der Waals surface area contributed by atoms with Crippen LogP contribution in [0.2, 0.25) is 0 Å². The lowest BCUT2D eigenvalue weighted by Crippen LogP contribution is -2.32. The highest BCUT2D eigenvalue weighted by atomic mass is 35.5. The van der Waals surface area contributed by atoms with E-state index >= 15 is 0 Å². The van der Waals surface area contributed by atoms with Crippen molar-refractivity contribution < 1.29 is 20.1 Å². The van der Waals surface area contributed by atoms with Crippen LogP contribution in [0, 0.1) is 0 Å². The van der Waals surface area contributed by atoms with Crippen LogP contribution in [0.25, 0.3) is 0 Å². The number of aliphatic hydroxyl groups is 3. The first-order chi connectivity index (χ1) is 4.66. The molecule has 0 aromatic rings. The molecule has 0 spiro atoms. The average molecular weight is 169 g/mol. The molecule has 0 amide bonds. The SMILES string of the molecule is OC[C@H]1OC(Cl)[C@H](O)[C@@H]1O. The van der Waals surface area contributed by atoms with Gasteiger partial charge in [0.15, 0.2) is 5.56 Å². The second kappa shape index (κ2) is 3.02. The smallest absolute Gasteiger partial charge is 0.160 e. The maximum absolute atomic E-state index is 9.01. The maximum Gasteiger partial charge on any atom is 0.160 e. The van der Waals surface area contributed by atoms with Gasteiger partial charge in [-0.1, -0.05) is 11.6 Å². The standard InChI is InChI=1S/C5H9ClO4/c6-5-4(9)3(8)2(1-7)10-5/h2-5,7-9H,1H2/t2-,3-,4-,5?/m1/s1. The number of ether oxygens (including phenoxy) is 1. The lowest BCUT2D eigenvalue weighted by Gasteiger charge is -2.09. The zero-order valence-electron chi connectivity index (χ0n) is 5.14. The Kier molecular flexibility index (Phi) is 2.49. The van der Waals surface area contributed by atoms with Gasteiger partial charge in [-0.05, 0) is 0 Å². The predicted octanol–water partition coefficient (Wildman–Crippen LogP) is -1.34. The molecule has 1 aliphatic heterocycles. The highest BCUT2D eigenvalue weighted by Gasteiger charge is 2.40. The number of alkyl halides is 1. The summed E-state index contributed by atoms with van der Waals surface area (Å²) in [5, 5.41) is 26.5. The van der Waals surface area contributed by atoms with Crippen molar-refractivity contribution in [1.29, 1.82) is 0 Å². The number of rotatable bonds is 1. The molecule has 3 N–H and O–H groups in total. The van der Waals surface area contributed by atoms with Crippen LogP contribution in [0.1, 0.15) is 0 Å². The van der Waals surface area contributed by atoms with Crippen molar-refractivity contribution >= 4 is 11.6 Å². The third kappa shape index (κ3) is 1.26. The van der Waals surface area contributed by atoms with Crippen molar-refractivity contribution in [3.63, 3.8) is 0 Å². The van der Waals surface area contributed by atoms with Crippen molar-refractivity contribution in [3.8, 4) is 0 Å². The van der Waals surface area contributed by atoms with Crippen molar-refractivity contribution in [2.24, 2.45) is 0 Å². The Morgan fingerprint density at radius 2 is 1.90 bits per heavy atom. The second-order valence-electron chi connectivity index (χ2n) is 2.19. The molecular weight excluding hydrogens is 160 g/mol. The molecule has 0 aliphatic carbocycles. The summed E-state index contributed by atoms with van der Waals surface area (Å²) in [6.45, 7) is -0.332. The summed E-state index contributed by atoms with van der Waals surface area (Å²) in [6.07, 6.45) is -2.93. The summed E-state index contributed by atoms with van der Waals surface area (Å²) >= 11 is 5.39. The van der Waals surface area contributed by atoms with E-state index in [2.05, 4.69) is 0 Å². The van der Waals surface area contributed by atoms with Gasteiger partial charge in [-0.3, -0.25) is 0 Å². The number of aliphatic hydroxyl groups excluding tert-OH is 3. The molecule has 0 bridgehead atoms. The molecule has 1 rings (SSSR count). The van der Waals surface area contributed by atoms with Crippen LogP contribution < -0.4 is 0 Å². The quantitative estimate of drug-likeness (QED) is 0.424. The Bertz CT molecular complexity index is 120. The third-order valence-corrected chi connectivity index (χ3v) is 1.85. The van der Waals surface area contributed by atoms with E-state index in [4.69, 9.17) is 31.7 Å². The average Bonchev–Trinajstić information content (AvgIpc) is 2.17. The van der Waals surface area contributed by atoms with E-state index in [0.29, 0.717) is 0 Å². The van der Waals surface area contributed by atoms with Gasteiger partial charge in [-0.2, -0.15) is 0 Å². The number of hydrogen-bond acceptors (Lipinski definition) is 4. The zero-order valence-corrected chi connectivity index (χ0v) is 5.90. The van der Waals surface area contributed by atoms with Crippen LogP contribution in [0.3, 0.4) is 0 Å². The summed E-state index contributed by atoms with van der Waals surface area (Å²) in [7, 11) is 0. The van der Waals surface area contributed by atoms with Gasteiger partial charge in [0.2, 0.25) is 0 Å². The van der Waals surface area contributed by atoms with E-state index in [-0.39, 0.29) is 6.61 Å². The van der Waals surface area contributed by atoms with Gasteiger partial charge in [0.1, 0.15) is 18.3 Å². The minimum atomic E-state index is -1.10. The Balaban J connectivity index is 2.53. The lowest BCUT2D eigenvalue weighted by molar-refractivity contribution is -0.00869. The third-order valence-electron chi connectivity index (χ3n) is 1.48. The van der Waals surface area contributed by atoms with Gasteiger partial charge in [-0.15, -0.1) is 0 Å². The van der Waals surface area contributed by atoms with E-state index in [0.717, 1.165) is 0 Å². The molecule has 1 aliphatic rings. The van der Waals surface area contributed by atoms with Gasteiger partial charge in [0.05, 0.1) is 6.61 Å². The summed E-state index contributed by atoms with van der Waals surface area (Å²) < 4.78 is 4.75. The minimum absolute atomic E-state index is 0.332. The lowest BCUT2D eigenvalue weighted by atomic mass is 10.2. The number of hydrogen-bond donors (Lipinski definition) is 3. The van der Waals surface area contributed by atoms with Crippen molar-refractivity contribution in [2.75, 3.05) is 6.61 Å². The van der Waals surface area contributed by atoms with Gasteiger partial charge in [-0.25, -0.2) is 0 Å². The Morgan fingerprint density at radius 3 is 2.10 bits per heavy atom. The summed E-state index contributed by atoms with van der Waals surface area (Å²) in [6, 6.07) is 0. The fraction of sp³-hybridized carbons (Fsp3) is 1.00. The predicted molar refractivity (Wildman–Crippen MR) is 33.6 cm³/mol. The van der Waals surface area contributed by atoms with Crippen molar-refractivity contribution in [3.05, 3.63) is 0 Å². The number of halogens is 1. The van der Waals surface area contributed by atoms with Gasteiger partial charge in [0, 0.05) is 0 Å². The van der Waals surface area contributed by atoms with Gasteiger partial charge >= 0.3 is 0 Å². The molecule has 4 nitrogen and oxygen atoms in total. The van der Waals surface area contributed by atoms with Gasteiger partial charge in [0.25, 0.3) is 0 Å². The molecule has 0 aromatic heterocycles. The normalized spacial score (nSPS) is 48.0. The highest BCUT2D eigenvalue weighted by molar-refractivity contribution is 6.20. The molecule has 1 unspecified atom stereocenters. The summed E-state index contributed by atoms with van der Waals surface area (Å²) in [5.74, 6) is 0. The topological polar surface area (TPSA) is 69.9 Å². The molecule has 4 atom stereocenters. The fourth-order valence-corrected chi connectivity index (χ4v) is 1.14. The van der Waals surface area contributed by atoms with Crippen LogP contribution >= 0.6 is 11.6 Å². The van der Waals surface area contributed by atoms with E-state index < -0.39 is 23.9 Å². The Morgan fingerprint density at radius 1 is 1.30 bits per heavy atom. The fourth-order valence-electron chi connectivity index (χ4n) is 0.854. The molecule has 1 fully saturated rings. The van der Waals surface area contributed by atoms with Crippen LogP contribution in [0.5, 0.6) is 0 Å². The summed E-state index contributed by atoms with van der Waals surface area (Å²) in [4.78, 5) is 0. The first-order valence-corrected chi connectivity index (χ1v) is 3.37. The van der Waals surface area contributed by atoms with E-state index in [1.165, 1.54) is 0 Å².